The number of hydrogen-bond acceptors (Lipinski definition) is 6. The van der Waals surface area contributed by atoms with Crippen molar-refractivity contribution >= 4 is 46.9 Å². The Bertz CT molecular complexity index is 880. The van der Waals surface area contributed by atoms with Crippen molar-refractivity contribution in [2.75, 3.05) is 30.3 Å². The number of anilines is 1. The van der Waals surface area contributed by atoms with Crippen LogP contribution >= 0.6 is 24.2 Å². The molecule has 9 heteroatoms. The van der Waals surface area contributed by atoms with E-state index in [0.717, 1.165) is 59.0 Å². The topological polar surface area (TPSA) is 91.1 Å². The number of nitrogens with two attached hydrogens (primary N) is 1. The first-order valence-electron chi connectivity index (χ1n) is 8.93. The number of hydrogen-bond donors (Lipinski definition) is 2. The molecule has 146 valence electrons. The van der Waals surface area contributed by atoms with Gasteiger partial charge in [-0.1, -0.05) is 0 Å². The minimum absolute atomic E-state index is 0. The van der Waals surface area contributed by atoms with E-state index in [-0.39, 0.29) is 23.9 Å². The highest BCUT2D eigenvalue weighted by Gasteiger charge is 2.32. The number of carbonyl (C=O) groups excluding carboxylic acids is 1. The van der Waals surface area contributed by atoms with Crippen molar-refractivity contribution in [2.24, 2.45) is 5.73 Å². The molecule has 27 heavy (non-hydrogen) atoms. The van der Waals surface area contributed by atoms with Crippen LogP contribution < -0.4 is 10.6 Å². The van der Waals surface area contributed by atoms with E-state index in [2.05, 4.69) is 19.9 Å². The van der Waals surface area contributed by atoms with E-state index in [1.54, 1.807) is 18.1 Å². The summed E-state index contributed by atoms with van der Waals surface area (Å²) in [5.41, 5.74) is 7.90. The van der Waals surface area contributed by atoms with Gasteiger partial charge in [0.05, 0.1) is 10.3 Å². The van der Waals surface area contributed by atoms with E-state index in [1.807, 2.05) is 31.1 Å². The third-order valence-electron chi connectivity index (χ3n) is 5.01. The van der Waals surface area contributed by atoms with Crippen LogP contribution in [0.1, 0.15) is 25.3 Å². The number of likely N-dealkylation sites (tertiary alicyclic amines) is 1. The normalized spacial score (nSPS) is 23.1. The first-order chi connectivity index (χ1) is 12.4. The van der Waals surface area contributed by atoms with Gasteiger partial charge in [0, 0.05) is 43.3 Å². The maximum Gasteiger partial charge on any atom is 0.261 e. The van der Waals surface area contributed by atoms with Crippen LogP contribution in [0.4, 0.5) is 5.82 Å². The molecule has 0 saturated carbocycles. The van der Waals surface area contributed by atoms with Crippen LogP contribution in [0, 0.1) is 6.92 Å². The van der Waals surface area contributed by atoms with Gasteiger partial charge in [0.2, 0.25) is 0 Å². The second-order valence-electron chi connectivity index (χ2n) is 7.41. The highest BCUT2D eigenvalue weighted by molar-refractivity contribution is 8.04. The van der Waals surface area contributed by atoms with Gasteiger partial charge in [0.1, 0.15) is 17.8 Å². The molecule has 2 aromatic heterocycles. The molecule has 0 unspecified atom stereocenters. The lowest BCUT2D eigenvalue weighted by molar-refractivity contribution is -0.128. The second kappa shape index (κ2) is 7.69. The molecule has 0 bridgehead atoms. The average molecular weight is 409 g/mol. The number of aryl methyl sites for hydroxylation is 1. The number of halogens is 1. The number of H-pyrrole nitrogens is 1. The minimum atomic E-state index is -0.297. The summed E-state index contributed by atoms with van der Waals surface area (Å²) < 4.78 is 0. The van der Waals surface area contributed by atoms with Gasteiger partial charge >= 0.3 is 0 Å². The number of carbonyl (C=O) groups is 1. The van der Waals surface area contributed by atoms with Crippen molar-refractivity contribution in [2.45, 2.75) is 32.2 Å². The maximum atomic E-state index is 13.0. The fraction of sp³-hybridized carbons (Fsp3) is 0.500. The summed E-state index contributed by atoms with van der Waals surface area (Å²) in [6, 6.07) is 0. The summed E-state index contributed by atoms with van der Waals surface area (Å²) in [5.74, 6) is 1.77. The summed E-state index contributed by atoms with van der Waals surface area (Å²) in [5, 5.41) is 1.01. The molecule has 0 spiro atoms. The van der Waals surface area contributed by atoms with Crippen LogP contribution in [0.25, 0.3) is 11.0 Å². The van der Waals surface area contributed by atoms with Crippen LogP contribution in [-0.4, -0.2) is 56.7 Å². The smallest absolute Gasteiger partial charge is 0.261 e. The van der Waals surface area contributed by atoms with Gasteiger partial charge in [-0.15, -0.1) is 24.2 Å². The molecule has 0 radical (unpaired) electrons. The van der Waals surface area contributed by atoms with Crippen LogP contribution in [0.2, 0.25) is 0 Å². The van der Waals surface area contributed by atoms with Gasteiger partial charge in [0.15, 0.2) is 0 Å². The molecule has 0 aromatic carbocycles. The number of piperidine rings is 1. The number of nitrogens with zero attached hydrogens (tertiary/aromatic N) is 4. The van der Waals surface area contributed by atoms with Crippen molar-refractivity contribution in [1.82, 2.24) is 19.9 Å². The molecular formula is C18H25ClN6OS. The molecule has 0 aliphatic carbocycles. The van der Waals surface area contributed by atoms with Crippen LogP contribution in [0.5, 0.6) is 0 Å². The predicted octanol–water partition coefficient (Wildman–Crippen LogP) is 2.42. The quantitative estimate of drug-likeness (QED) is 0.792. The van der Waals surface area contributed by atoms with Crippen LogP contribution in [0.15, 0.2) is 23.6 Å². The zero-order valence-electron chi connectivity index (χ0n) is 15.6. The SMILES string of the molecule is Cc1c[nH]c2ncnc(N3C=C(C(=O)N4CCC[C@@](C)(N)C4)SCC3)c12.Cl. The molecule has 2 aromatic rings. The zero-order valence-corrected chi connectivity index (χ0v) is 17.2. The van der Waals surface area contributed by atoms with Crippen molar-refractivity contribution in [1.29, 1.82) is 0 Å². The van der Waals surface area contributed by atoms with Gasteiger partial charge in [-0.05, 0) is 32.3 Å². The molecular weight excluding hydrogens is 384 g/mol. The number of rotatable bonds is 2. The molecule has 4 rings (SSSR count). The highest BCUT2D eigenvalue weighted by Crippen LogP contribution is 2.32. The lowest BCUT2D eigenvalue weighted by Crippen LogP contribution is -2.54. The summed E-state index contributed by atoms with van der Waals surface area (Å²) in [6.45, 7) is 6.26. The van der Waals surface area contributed by atoms with E-state index in [0.29, 0.717) is 6.54 Å². The summed E-state index contributed by atoms with van der Waals surface area (Å²) in [4.78, 5) is 29.7. The van der Waals surface area contributed by atoms with E-state index < -0.39 is 0 Å². The summed E-state index contributed by atoms with van der Waals surface area (Å²) >= 11 is 1.61. The third-order valence-corrected chi connectivity index (χ3v) is 5.99. The molecule has 3 N–H and O–H groups in total. The first kappa shape index (κ1) is 20.0. The molecule has 4 heterocycles. The molecule has 1 fully saturated rings. The van der Waals surface area contributed by atoms with Crippen molar-refractivity contribution in [3.05, 3.63) is 29.2 Å². The Morgan fingerprint density at radius 1 is 1.37 bits per heavy atom. The monoisotopic (exact) mass is 408 g/mol. The van der Waals surface area contributed by atoms with E-state index in [4.69, 9.17) is 5.73 Å². The van der Waals surface area contributed by atoms with E-state index in [1.165, 1.54) is 0 Å². The third kappa shape index (κ3) is 3.93. The molecule has 7 nitrogen and oxygen atoms in total. The lowest BCUT2D eigenvalue weighted by atomic mass is 9.92. The summed E-state index contributed by atoms with van der Waals surface area (Å²) in [7, 11) is 0. The summed E-state index contributed by atoms with van der Waals surface area (Å²) in [6.07, 6.45) is 7.35. The minimum Gasteiger partial charge on any atom is -0.346 e. The highest BCUT2D eigenvalue weighted by atomic mass is 35.5. The van der Waals surface area contributed by atoms with E-state index >= 15 is 0 Å². The molecule has 1 saturated heterocycles. The number of nitrogens with one attached hydrogen (secondary N) is 1. The number of amides is 1. The first-order valence-corrected chi connectivity index (χ1v) is 9.91. The van der Waals surface area contributed by atoms with E-state index in [9.17, 15) is 4.79 Å². The Morgan fingerprint density at radius 2 is 2.19 bits per heavy atom. The lowest BCUT2D eigenvalue weighted by Gasteiger charge is -2.38. The molecule has 2 aliphatic heterocycles. The maximum absolute atomic E-state index is 13.0. The average Bonchev–Trinajstić information content (AvgIpc) is 3.02. The van der Waals surface area contributed by atoms with Gasteiger partial charge in [0.25, 0.3) is 5.91 Å². The fourth-order valence-electron chi connectivity index (χ4n) is 3.69. The predicted molar refractivity (Wildman–Crippen MR) is 112 cm³/mol. The van der Waals surface area contributed by atoms with Crippen LogP contribution in [0.3, 0.4) is 0 Å². The van der Waals surface area contributed by atoms with Gasteiger partial charge in [-0.2, -0.15) is 0 Å². The number of aromatic amines is 1. The standard InChI is InChI=1S/C18H24N6OS.ClH/c1-12-8-20-15-14(12)16(22-11-21-15)23-6-7-26-13(9-23)17(25)24-5-3-4-18(2,19)10-24;/h8-9,11H,3-7,10,19H2,1-2H3,(H,20,21,22);1H/t18-;/m1./s1. The Labute approximate surface area is 169 Å². The molecule has 2 aliphatic rings. The van der Waals surface area contributed by atoms with Crippen molar-refractivity contribution < 1.29 is 4.79 Å². The number of thioether (sulfide) groups is 1. The molecule has 1 atom stereocenters. The van der Waals surface area contributed by atoms with Crippen molar-refractivity contribution in [3.8, 4) is 0 Å². The Morgan fingerprint density at radius 3 is 2.96 bits per heavy atom. The zero-order chi connectivity index (χ0) is 18.3. The van der Waals surface area contributed by atoms with Crippen LogP contribution in [-0.2, 0) is 4.79 Å². The largest absolute Gasteiger partial charge is 0.346 e. The Balaban J connectivity index is 0.00000210. The second-order valence-corrected chi connectivity index (χ2v) is 8.55. The molecule has 1 amide bonds. The number of aromatic nitrogens is 3. The Kier molecular flexibility index (Phi) is 5.69. The van der Waals surface area contributed by atoms with Gasteiger partial charge in [-0.3, -0.25) is 4.79 Å². The van der Waals surface area contributed by atoms with Crippen molar-refractivity contribution in [3.63, 3.8) is 0 Å². The van der Waals surface area contributed by atoms with Gasteiger partial charge in [-0.25, -0.2) is 9.97 Å². The number of fused-ring (bicyclic) bond motifs is 1. The Hall–Kier alpha value is -1.77. The fourth-order valence-corrected chi connectivity index (χ4v) is 4.66. The van der Waals surface area contributed by atoms with Gasteiger partial charge < -0.3 is 20.5 Å².